The molecule has 0 aromatic heterocycles. The second-order valence-electron chi connectivity index (χ2n) is 0. The Morgan fingerprint density at radius 1 is 0.357 bits per heavy atom. The first kappa shape index (κ1) is 89.3. The first-order valence-electron chi connectivity index (χ1n) is 1.34. The zero-order valence-corrected chi connectivity index (χ0v) is 10.7. The molecule has 0 spiro atoms. The van der Waals surface area contributed by atoms with Gasteiger partial charge in [0, 0.05) is 36.3 Å². The van der Waals surface area contributed by atoms with Crippen molar-refractivity contribution in [3.63, 3.8) is 0 Å². The summed E-state index contributed by atoms with van der Waals surface area (Å²) < 4.78 is 0. The third-order valence-corrected chi connectivity index (χ3v) is 0. The summed E-state index contributed by atoms with van der Waals surface area (Å²) in [6.07, 6.45) is 0. The molecular weight excluding hydrogens is 280 g/mol. The van der Waals surface area contributed by atoms with Crippen LogP contribution in [0.2, 0.25) is 0 Å². The molecule has 6 nitrogen and oxygen atoms in total. The van der Waals surface area contributed by atoms with Crippen molar-refractivity contribution in [1.82, 2.24) is 0 Å². The fourth-order valence-electron chi connectivity index (χ4n) is 0. The van der Waals surface area contributed by atoms with E-state index in [4.69, 9.17) is 71.0 Å². The van der Waals surface area contributed by atoms with Crippen LogP contribution in [0.4, 0.5) is 0 Å². The molecule has 0 aliphatic rings. The van der Waals surface area contributed by atoms with E-state index in [-0.39, 0.29) is 36.3 Å². The Bertz CT molecular complexity index is 97.3. The predicted octanol–water partition coefficient (Wildman–Crippen LogP) is 0.573. The average molecular weight is 280 g/mol. The van der Waals surface area contributed by atoms with E-state index >= 15 is 0 Å². The summed E-state index contributed by atoms with van der Waals surface area (Å²) in [4.78, 5) is 0. The summed E-state index contributed by atoms with van der Waals surface area (Å²) in [5.74, 6) is 0. The fraction of sp³-hybridized carbons (Fsp3) is 0. The van der Waals surface area contributed by atoms with E-state index in [0.717, 1.165) is 0 Å². The topological polar surface area (TPSA) is 143 Å². The Labute approximate surface area is 107 Å². The number of hydrogen-bond acceptors (Lipinski definition) is 6. The monoisotopic (exact) mass is 279 g/mol. The Balaban J connectivity index is -0.00000000500. The maximum atomic E-state index is 6.25. The molecule has 0 atom stereocenters. The van der Waals surface area contributed by atoms with E-state index in [1.165, 1.54) is 0 Å². The molecule has 0 amide bonds. The largest absolute Gasteiger partial charge is 0.512 e. The molecule has 0 aliphatic carbocycles. The fourth-order valence-corrected chi connectivity index (χ4v) is 0. The minimum Gasteiger partial charge on any atom is -0.512 e. The van der Waals surface area contributed by atoms with E-state index in [2.05, 4.69) is 0 Å². The van der Waals surface area contributed by atoms with Gasteiger partial charge >= 0.3 is 0 Å². The van der Waals surface area contributed by atoms with Crippen molar-refractivity contribution in [2.24, 2.45) is 0 Å². The van der Waals surface area contributed by atoms with Crippen LogP contribution in [0.5, 0.6) is 0 Å². The molecule has 0 saturated heterocycles. The van der Waals surface area contributed by atoms with E-state index in [9.17, 15) is 0 Å². The summed E-state index contributed by atoms with van der Waals surface area (Å²) in [6.45, 7) is 28.5. The van der Waals surface area contributed by atoms with E-state index in [0.29, 0.717) is 0 Å². The first-order chi connectivity index (χ1) is 6.00. The molecule has 0 aromatic carbocycles. The predicted molar refractivity (Wildman–Crippen MR) is 29.8 cm³/mol. The zero-order chi connectivity index (χ0) is 12.0. The van der Waals surface area contributed by atoms with Crippen LogP contribution in [0.25, 0.3) is 0 Å². The Morgan fingerprint density at radius 2 is 0.357 bits per heavy atom. The van der Waals surface area contributed by atoms with Gasteiger partial charge < -0.3 is 71.0 Å². The molecule has 0 heterocycles. The summed E-state index contributed by atoms with van der Waals surface area (Å²) in [6, 6.07) is 0. The Morgan fingerprint density at radius 3 is 0.357 bits per heavy atom. The van der Waals surface area contributed by atoms with Crippen LogP contribution in [0.3, 0.4) is 0 Å². The quantitative estimate of drug-likeness (QED) is 0.468. The van der Waals surface area contributed by atoms with Crippen molar-refractivity contribution in [3.05, 3.63) is 39.4 Å². The molecule has 0 saturated carbocycles. The van der Waals surface area contributed by atoms with Crippen molar-refractivity contribution >= 4 is 0 Å². The molecule has 0 rings (SSSR count). The SMILES string of the molecule is [C-]#N.[C-]#N.[C-]#N.[C-]#N.[C-]#N.[C-]#N.[Co].[Zn]. The van der Waals surface area contributed by atoms with Crippen molar-refractivity contribution in [2.45, 2.75) is 0 Å². The van der Waals surface area contributed by atoms with Crippen LogP contribution >= 0.6 is 0 Å². The van der Waals surface area contributed by atoms with Crippen molar-refractivity contribution in [3.8, 4) is 0 Å². The van der Waals surface area contributed by atoms with Crippen LogP contribution in [-0.2, 0) is 36.3 Å². The van der Waals surface area contributed by atoms with Crippen molar-refractivity contribution in [1.29, 1.82) is 31.6 Å². The molecule has 1 radical (unpaired) electrons. The van der Waals surface area contributed by atoms with Gasteiger partial charge in [0.15, 0.2) is 0 Å². The number of hydrogen-bond donors (Lipinski definition) is 0. The third-order valence-electron chi connectivity index (χ3n) is 0. The standard InChI is InChI=1S/6CN.Co.Zn/c6*1-2;;/q6*-1;;. The molecule has 0 bridgehead atoms. The normalized spacial score (nSPS) is 0.857. The average Bonchev–Trinajstić information content (AvgIpc) is 2.33. The van der Waals surface area contributed by atoms with Gasteiger partial charge in [0.1, 0.15) is 0 Å². The minimum atomic E-state index is 0. The van der Waals surface area contributed by atoms with E-state index in [1.54, 1.807) is 0 Å². The van der Waals surface area contributed by atoms with E-state index in [1.807, 2.05) is 0 Å². The molecule has 8 heteroatoms. The second kappa shape index (κ2) is 301. The molecule has 71 valence electrons. The Hall–Kier alpha value is -1.93. The van der Waals surface area contributed by atoms with Gasteiger partial charge in [-0.2, -0.15) is 0 Å². The van der Waals surface area contributed by atoms with Gasteiger partial charge in [0.2, 0.25) is 0 Å². The summed E-state index contributed by atoms with van der Waals surface area (Å²) in [5.41, 5.74) is 0. The van der Waals surface area contributed by atoms with Gasteiger partial charge in [-0.15, -0.1) is 0 Å². The summed E-state index contributed by atoms with van der Waals surface area (Å²) in [5, 5.41) is 37.5. The molecule has 0 unspecified atom stereocenters. The van der Waals surface area contributed by atoms with Gasteiger partial charge in [-0.1, -0.05) is 0 Å². The van der Waals surface area contributed by atoms with Gasteiger partial charge in [-0.25, -0.2) is 0 Å². The Kier molecular flexibility index (Phi) is 1920. The third kappa shape index (κ3) is 222. The summed E-state index contributed by atoms with van der Waals surface area (Å²) in [7, 11) is 0. The minimum absolute atomic E-state index is 0. The van der Waals surface area contributed by atoms with E-state index < -0.39 is 0 Å². The van der Waals surface area contributed by atoms with Crippen LogP contribution in [0.15, 0.2) is 0 Å². The van der Waals surface area contributed by atoms with Crippen LogP contribution in [0, 0.1) is 71.0 Å². The number of rotatable bonds is 0. The van der Waals surface area contributed by atoms with Crippen molar-refractivity contribution in [2.75, 3.05) is 0 Å². The van der Waals surface area contributed by atoms with Gasteiger partial charge in [0.25, 0.3) is 0 Å². The molecule has 14 heavy (non-hydrogen) atoms. The van der Waals surface area contributed by atoms with Gasteiger partial charge in [0.05, 0.1) is 0 Å². The molecular formula is C6CoN6Zn-6. The summed E-state index contributed by atoms with van der Waals surface area (Å²) >= 11 is 0. The second-order valence-corrected chi connectivity index (χ2v) is 0. The van der Waals surface area contributed by atoms with Gasteiger partial charge in [-0.3, -0.25) is 0 Å². The van der Waals surface area contributed by atoms with Crippen molar-refractivity contribution < 1.29 is 36.3 Å². The molecule has 0 aliphatic heterocycles. The smallest absolute Gasteiger partial charge is 0 e. The van der Waals surface area contributed by atoms with Gasteiger partial charge in [-0.05, 0) is 0 Å². The van der Waals surface area contributed by atoms with Crippen LogP contribution in [0.1, 0.15) is 0 Å². The molecule has 0 N–H and O–H groups in total. The molecule has 0 aromatic rings. The number of nitrogens with zero attached hydrogens (tertiary/aromatic N) is 6. The van der Waals surface area contributed by atoms with Crippen LogP contribution < -0.4 is 0 Å². The first-order valence-corrected chi connectivity index (χ1v) is 1.34. The molecule has 0 fully saturated rings. The maximum Gasteiger partial charge on any atom is 0 e. The van der Waals surface area contributed by atoms with Crippen LogP contribution in [-0.4, -0.2) is 0 Å². The zero-order valence-electron chi connectivity index (χ0n) is 6.72. The maximum absolute atomic E-state index is 6.25.